The minimum atomic E-state index is -3.99. The van der Waals surface area contributed by atoms with Gasteiger partial charge in [-0.15, -0.1) is 0 Å². The number of hydrogen-bond acceptors (Lipinski definition) is 7. The van der Waals surface area contributed by atoms with E-state index in [9.17, 15) is 13.5 Å². The van der Waals surface area contributed by atoms with Gasteiger partial charge in [-0.05, 0) is 53.6 Å². The zero-order chi connectivity index (χ0) is 24.9. The van der Waals surface area contributed by atoms with Crippen molar-refractivity contribution in [2.75, 3.05) is 33.2 Å². The fourth-order valence-electron chi connectivity index (χ4n) is 3.25. The van der Waals surface area contributed by atoms with Gasteiger partial charge in [0.2, 0.25) is 5.75 Å². The number of aromatic hydroxyl groups is 1. The molecule has 0 unspecified atom stereocenters. The van der Waals surface area contributed by atoms with Crippen molar-refractivity contribution in [2.45, 2.75) is 4.90 Å². The van der Waals surface area contributed by atoms with Crippen LogP contribution in [0.15, 0.2) is 53.4 Å². The molecule has 2 N–H and O–H groups in total. The lowest BCUT2D eigenvalue weighted by Gasteiger charge is -2.14. The number of phenols is 1. The van der Waals surface area contributed by atoms with Crippen LogP contribution in [-0.2, 0) is 10.0 Å². The van der Waals surface area contributed by atoms with Crippen LogP contribution >= 0.6 is 11.6 Å². The summed E-state index contributed by atoms with van der Waals surface area (Å²) in [5.41, 5.74) is 1.30. The Hall–Kier alpha value is -3.56. The third-order valence-electron chi connectivity index (χ3n) is 4.80. The Morgan fingerprint density at radius 2 is 1.41 bits per heavy atom. The van der Waals surface area contributed by atoms with Crippen LogP contribution in [0.25, 0.3) is 12.2 Å². The molecule has 0 atom stereocenters. The summed E-state index contributed by atoms with van der Waals surface area (Å²) in [6.45, 7) is 0. The van der Waals surface area contributed by atoms with Crippen molar-refractivity contribution in [1.82, 2.24) is 0 Å². The Morgan fingerprint density at radius 1 is 0.824 bits per heavy atom. The molecule has 0 bridgehead atoms. The number of nitrogens with one attached hydrogen (secondary N) is 1. The maximum Gasteiger partial charge on any atom is 0.262 e. The lowest BCUT2D eigenvalue weighted by Crippen LogP contribution is -2.13. The van der Waals surface area contributed by atoms with Crippen LogP contribution in [0.5, 0.6) is 28.7 Å². The normalized spacial score (nSPS) is 11.3. The van der Waals surface area contributed by atoms with Crippen molar-refractivity contribution in [3.05, 3.63) is 64.7 Å². The monoisotopic (exact) mass is 505 g/mol. The Labute approximate surface area is 203 Å². The summed E-state index contributed by atoms with van der Waals surface area (Å²) in [6, 6.07) is 12.3. The Bertz CT molecular complexity index is 1300. The molecule has 0 aliphatic carbocycles. The van der Waals surface area contributed by atoms with Gasteiger partial charge in [0.25, 0.3) is 10.0 Å². The summed E-state index contributed by atoms with van der Waals surface area (Å²) in [7, 11) is 1.89. The van der Waals surface area contributed by atoms with Crippen LogP contribution in [0.4, 0.5) is 5.69 Å². The standard InChI is InChI=1S/C24H24ClNO7S/c1-30-21-12-16(13-22(31-2)24(21)33-4)9-8-15-10-19(23(32-3)20(27)11-15)26-34(28,29)18-7-5-6-17(25)14-18/h5-14,26-27H,1-4H3/b9-8-. The summed E-state index contributed by atoms with van der Waals surface area (Å²) < 4.78 is 49.4. The second kappa shape index (κ2) is 10.6. The van der Waals surface area contributed by atoms with E-state index in [0.717, 1.165) is 5.56 Å². The molecular weight excluding hydrogens is 482 g/mol. The van der Waals surface area contributed by atoms with E-state index >= 15 is 0 Å². The van der Waals surface area contributed by atoms with Crippen LogP contribution in [0.3, 0.4) is 0 Å². The number of sulfonamides is 1. The zero-order valence-electron chi connectivity index (χ0n) is 19.0. The molecule has 8 nitrogen and oxygen atoms in total. The molecule has 3 aromatic carbocycles. The first kappa shape index (κ1) is 25.1. The maximum absolute atomic E-state index is 12.9. The van der Waals surface area contributed by atoms with Crippen molar-refractivity contribution in [3.63, 3.8) is 0 Å². The molecule has 0 saturated heterocycles. The molecule has 0 aliphatic heterocycles. The first-order chi connectivity index (χ1) is 16.2. The highest BCUT2D eigenvalue weighted by Crippen LogP contribution is 2.40. The van der Waals surface area contributed by atoms with Crippen molar-refractivity contribution in [1.29, 1.82) is 0 Å². The van der Waals surface area contributed by atoms with Gasteiger partial charge in [0.15, 0.2) is 23.0 Å². The average molecular weight is 506 g/mol. The van der Waals surface area contributed by atoms with E-state index in [2.05, 4.69) is 4.72 Å². The van der Waals surface area contributed by atoms with Crippen LogP contribution < -0.4 is 23.7 Å². The third-order valence-corrected chi connectivity index (χ3v) is 6.40. The smallest absolute Gasteiger partial charge is 0.262 e. The van der Waals surface area contributed by atoms with E-state index < -0.39 is 10.0 Å². The van der Waals surface area contributed by atoms with Crippen LogP contribution in [0.1, 0.15) is 11.1 Å². The molecular formula is C24H24ClNO7S. The highest BCUT2D eigenvalue weighted by molar-refractivity contribution is 7.92. The molecule has 0 saturated carbocycles. The Kier molecular flexibility index (Phi) is 7.80. The van der Waals surface area contributed by atoms with Crippen LogP contribution in [0, 0.1) is 0 Å². The van der Waals surface area contributed by atoms with E-state index in [1.54, 1.807) is 30.4 Å². The SMILES string of the molecule is COc1cc(/C=C\c2cc(O)c(OC)c(NS(=O)(=O)c3cccc(Cl)c3)c2)cc(OC)c1OC. The predicted octanol–water partition coefficient (Wildman–Crippen LogP) is 5.05. The molecule has 0 radical (unpaired) electrons. The molecule has 180 valence electrons. The number of ether oxygens (including phenoxy) is 4. The molecule has 34 heavy (non-hydrogen) atoms. The molecule has 0 fully saturated rings. The Morgan fingerprint density at radius 3 is 1.94 bits per heavy atom. The summed E-state index contributed by atoms with van der Waals surface area (Å²) in [6.07, 6.45) is 3.44. The number of methoxy groups -OCH3 is 4. The summed E-state index contributed by atoms with van der Waals surface area (Å²) in [5, 5.41) is 10.7. The number of hydrogen-bond donors (Lipinski definition) is 2. The van der Waals surface area contributed by atoms with Gasteiger partial charge in [-0.3, -0.25) is 4.72 Å². The molecule has 10 heteroatoms. The molecule has 0 amide bonds. The number of anilines is 1. The highest BCUT2D eigenvalue weighted by atomic mass is 35.5. The van der Waals surface area contributed by atoms with Gasteiger partial charge < -0.3 is 24.1 Å². The fraction of sp³-hybridized carbons (Fsp3) is 0.167. The lowest BCUT2D eigenvalue weighted by molar-refractivity contribution is 0.324. The van der Waals surface area contributed by atoms with E-state index in [1.165, 1.54) is 58.8 Å². The van der Waals surface area contributed by atoms with Crippen molar-refractivity contribution >= 4 is 39.5 Å². The minimum absolute atomic E-state index is 0.0180. The van der Waals surface area contributed by atoms with Gasteiger partial charge in [0, 0.05) is 5.02 Å². The topological polar surface area (TPSA) is 103 Å². The minimum Gasteiger partial charge on any atom is -0.504 e. The van der Waals surface area contributed by atoms with E-state index in [0.29, 0.717) is 22.8 Å². The van der Waals surface area contributed by atoms with Gasteiger partial charge in [-0.1, -0.05) is 29.8 Å². The average Bonchev–Trinajstić information content (AvgIpc) is 2.81. The fourth-order valence-corrected chi connectivity index (χ4v) is 4.60. The van der Waals surface area contributed by atoms with Crippen molar-refractivity contribution in [2.24, 2.45) is 0 Å². The maximum atomic E-state index is 12.9. The second-order valence-corrected chi connectivity index (χ2v) is 9.09. The molecule has 3 aromatic rings. The van der Waals surface area contributed by atoms with E-state index in [4.69, 9.17) is 30.5 Å². The lowest BCUT2D eigenvalue weighted by atomic mass is 10.1. The third kappa shape index (κ3) is 5.49. The van der Waals surface area contributed by atoms with Gasteiger partial charge in [-0.25, -0.2) is 8.42 Å². The number of benzene rings is 3. The predicted molar refractivity (Wildman–Crippen MR) is 132 cm³/mol. The molecule has 0 aliphatic rings. The van der Waals surface area contributed by atoms with Crippen LogP contribution in [0.2, 0.25) is 5.02 Å². The molecule has 0 heterocycles. The second-order valence-electron chi connectivity index (χ2n) is 6.98. The molecule has 3 rings (SSSR count). The number of phenolic OH excluding ortho intramolecular Hbond substituents is 1. The largest absolute Gasteiger partial charge is 0.504 e. The number of halogens is 1. The van der Waals surface area contributed by atoms with Gasteiger partial charge in [0.1, 0.15) is 0 Å². The summed E-state index contributed by atoms with van der Waals surface area (Å²) in [4.78, 5) is -0.0279. The zero-order valence-corrected chi connectivity index (χ0v) is 20.5. The van der Waals surface area contributed by atoms with Gasteiger partial charge in [0.05, 0.1) is 39.0 Å². The molecule has 0 aromatic heterocycles. The number of rotatable bonds is 9. The van der Waals surface area contributed by atoms with Gasteiger partial charge >= 0.3 is 0 Å². The summed E-state index contributed by atoms with van der Waals surface area (Å²) >= 11 is 5.93. The van der Waals surface area contributed by atoms with E-state index in [1.807, 2.05) is 0 Å². The van der Waals surface area contributed by atoms with Crippen LogP contribution in [-0.4, -0.2) is 42.0 Å². The van der Waals surface area contributed by atoms with Gasteiger partial charge in [-0.2, -0.15) is 0 Å². The Balaban J connectivity index is 1.99. The highest BCUT2D eigenvalue weighted by Gasteiger charge is 2.19. The van der Waals surface area contributed by atoms with Crippen molar-refractivity contribution < 1.29 is 32.5 Å². The quantitative estimate of drug-likeness (QED) is 0.392. The van der Waals surface area contributed by atoms with E-state index in [-0.39, 0.29) is 27.1 Å². The molecule has 0 spiro atoms. The van der Waals surface area contributed by atoms with Crippen molar-refractivity contribution in [3.8, 4) is 28.7 Å². The first-order valence-electron chi connectivity index (χ1n) is 9.90. The first-order valence-corrected chi connectivity index (χ1v) is 11.8. The summed E-state index contributed by atoms with van der Waals surface area (Å²) in [5.74, 6) is 1.17.